The normalized spacial score (nSPS) is 20.9. The molecular weight excluding hydrogens is 403 g/mol. The molecule has 0 N–H and O–H groups in total. The van der Waals surface area contributed by atoms with E-state index in [1.807, 2.05) is 6.26 Å². The lowest BCUT2D eigenvalue weighted by molar-refractivity contribution is -0.325. The fourth-order valence-corrected chi connectivity index (χ4v) is 3.29. The van der Waals surface area contributed by atoms with Gasteiger partial charge in [0.05, 0.1) is 6.61 Å². The van der Waals surface area contributed by atoms with E-state index in [0.29, 0.717) is 13.0 Å². The molecule has 1 unspecified atom stereocenters. The zero-order valence-electron chi connectivity index (χ0n) is 16.1. The van der Waals surface area contributed by atoms with Crippen molar-refractivity contribution in [3.05, 3.63) is 5.89 Å². The van der Waals surface area contributed by atoms with E-state index in [1.54, 1.807) is 37.4 Å². The van der Waals surface area contributed by atoms with Crippen LogP contribution in [0.2, 0.25) is 0 Å². The van der Waals surface area contributed by atoms with Gasteiger partial charge in [0.25, 0.3) is 0 Å². The summed E-state index contributed by atoms with van der Waals surface area (Å²) in [4.78, 5) is 14.2. The molecule has 1 amide bonds. The molecule has 28 heavy (non-hydrogen) atoms. The van der Waals surface area contributed by atoms with Crippen molar-refractivity contribution in [2.75, 3.05) is 26.0 Å². The topological polar surface area (TPSA) is 86.9 Å². The fourth-order valence-electron chi connectivity index (χ4n) is 2.61. The van der Waals surface area contributed by atoms with Crippen molar-refractivity contribution in [3.8, 4) is 6.08 Å². The van der Waals surface area contributed by atoms with Gasteiger partial charge >= 0.3 is 18.5 Å². The second kappa shape index (κ2) is 9.21. The van der Waals surface area contributed by atoms with Crippen LogP contribution < -0.4 is 4.74 Å². The number of rotatable bonds is 6. The smallest absolute Gasteiger partial charge is 0.447 e. The second-order valence-electron chi connectivity index (χ2n) is 7.13. The molecule has 2 rings (SSSR count). The predicted octanol–water partition coefficient (Wildman–Crippen LogP) is 3.79. The van der Waals surface area contributed by atoms with Gasteiger partial charge in [-0.15, -0.1) is 18.3 Å². The van der Waals surface area contributed by atoms with Crippen molar-refractivity contribution in [1.82, 2.24) is 15.1 Å². The molecule has 0 saturated carbocycles. The maximum atomic E-state index is 12.6. The first-order chi connectivity index (χ1) is 13.0. The number of amides is 1. The number of thioether (sulfide) groups is 1. The minimum atomic E-state index is -4.73. The summed E-state index contributed by atoms with van der Waals surface area (Å²) in [7, 11) is 0. The van der Waals surface area contributed by atoms with Crippen molar-refractivity contribution in [3.63, 3.8) is 0 Å². The summed E-state index contributed by atoms with van der Waals surface area (Å²) in [5.41, 5.74) is -0.657. The Morgan fingerprint density at radius 1 is 1.25 bits per heavy atom. The Hall–Kier alpha value is -1.69. The van der Waals surface area contributed by atoms with Gasteiger partial charge in [0.2, 0.25) is 5.89 Å². The van der Waals surface area contributed by atoms with Crippen LogP contribution in [-0.4, -0.2) is 64.4 Å². The van der Waals surface area contributed by atoms with E-state index < -0.39 is 37.3 Å². The van der Waals surface area contributed by atoms with E-state index in [0.717, 1.165) is 6.42 Å². The number of halogens is 3. The highest BCUT2D eigenvalue weighted by Gasteiger charge is 2.38. The lowest BCUT2D eigenvalue weighted by Gasteiger charge is -2.38. The highest BCUT2D eigenvalue weighted by molar-refractivity contribution is 7.99. The molecular formula is C16H24F3N3O5S. The summed E-state index contributed by atoms with van der Waals surface area (Å²) >= 11 is 1.66. The number of ether oxygens (including phenoxy) is 3. The standard InChI is InChI=1S/C16H24F3N3O5S/c1-15(2,3)27-14(23)22-9-10(28-4)5-6-11(22)12-20-21-13(26-12)24-7-8-25-16(17,18)19/h10-11H,5-9H2,1-4H3/t10?,11-/m1/s1. The fraction of sp³-hybridized carbons (Fsp3) is 0.812. The number of hydrogen-bond donors (Lipinski definition) is 0. The van der Waals surface area contributed by atoms with Gasteiger partial charge in [-0.25, -0.2) is 4.79 Å². The maximum absolute atomic E-state index is 12.6. The summed E-state index contributed by atoms with van der Waals surface area (Å²) in [5, 5.41) is 7.81. The van der Waals surface area contributed by atoms with Crippen LogP contribution in [-0.2, 0) is 9.47 Å². The summed E-state index contributed by atoms with van der Waals surface area (Å²) in [6.07, 6.45) is -2.10. The van der Waals surface area contributed by atoms with Gasteiger partial charge in [-0.2, -0.15) is 11.8 Å². The van der Waals surface area contributed by atoms with E-state index in [1.165, 1.54) is 0 Å². The third kappa shape index (κ3) is 7.04. The summed E-state index contributed by atoms with van der Waals surface area (Å²) in [5.74, 6) is 0.150. The minimum Gasteiger partial charge on any atom is -0.447 e. The van der Waals surface area contributed by atoms with Gasteiger partial charge in [0, 0.05) is 11.8 Å². The Kier molecular flexibility index (Phi) is 7.43. The molecule has 0 aromatic carbocycles. The second-order valence-corrected chi connectivity index (χ2v) is 8.27. The highest BCUT2D eigenvalue weighted by Crippen LogP contribution is 2.35. The molecule has 0 aliphatic carbocycles. The number of likely N-dealkylation sites (tertiary alicyclic amines) is 1. The van der Waals surface area contributed by atoms with Crippen LogP contribution in [0.4, 0.5) is 18.0 Å². The van der Waals surface area contributed by atoms with Crippen LogP contribution in [0.1, 0.15) is 45.5 Å². The molecule has 1 fully saturated rings. The van der Waals surface area contributed by atoms with E-state index in [2.05, 4.69) is 14.9 Å². The van der Waals surface area contributed by atoms with E-state index in [9.17, 15) is 18.0 Å². The molecule has 2 atom stereocenters. The molecule has 0 bridgehead atoms. The van der Waals surface area contributed by atoms with Crippen molar-refractivity contribution in [2.45, 2.75) is 56.9 Å². The number of carbonyl (C=O) groups excluding carboxylic acids is 1. The van der Waals surface area contributed by atoms with E-state index in [4.69, 9.17) is 13.9 Å². The molecule has 160 valence electrons. The van der Waals surface area contributed by atoms with E-state index in [-0.39, 0.29) is 17.2 Å². The van der Waals surface area contributed by atoms with Crippen molar-refractivity contribution in [1.29, 1.82) is 0 Å². The van der Waals surface area contributed by atoms with Crippen LogP contribution >= 0.6 is 11.8 Å². The SMILES string of the molecule is CSC1CC[C@H](c2nnc(OCCOC(F)(F)F)o2)N(C(=O)OC(C)(C)C)C1. The number of nitrogens with zero attached hydrogens (tertiary/aromatic N) is 3. The average Bonchev–Trinajstić information content (AvgIpc) is 3.04. The Bertz CT molecular complexity index is 650. The van der Waals surface area contributed by atoms with Gasteiger partial charge in [-0.05, 0) is 39.9 Å². The van der Waals surface area contributed by atoms with Crippen molar-refractivity contribution >= 4 is 17.9 Å². The van der Waals surface area contributed by atoms with Gasteiger partial charge in [-0.1, -0.05) is 5.10 Å². The van der Waals surface area contributed by atoms with Gasteiger partial charge < -0.3 is 13.9 Å². The lowest BCUT2D eigenvalue weighted by Crippen LogP contribution is -2.45. The van der Waals surface area contributed by atoms with Crippen LogP contribution in [0, 0.1) is 0 Å². The zero-order chi connectivity index (χ0) is 20.9. The summed E-state index contributed by atoms with van der Waals surface area (Å²) in [6, 6.07) is -0.491. The molecule has 1 aromatic rings. The largest absolute Gasteiger partial charge is 0.522 e. The molecule has 0 radical (unpaired) electrons. The molecule has 1 aromatic heterocycles. The molecule has 1 aliphatic rings. The third-order valence-electron chi connectivity index (χ3n) is 3.78. The zero-order valence-corrected chi connectivity index (χ0v) is 16.9. The van der Waals surface area contributed by atoms with Gasteiger partial charge in [0.1, 0.15) is 18.2 Å². The number of carbonyl (C=O) groups is 1. The molecule has 8 nitrogen and oxygen atoms in total. The predicted molar refractivity (Wildman–Crippen MR) is 94.0 cm³/mol. The monoisotopic (exact) mass is 427 g/mol. The first kappa shape index (κ1) is 22.6. The minimum absolute atomic E-state index is 0.150. The maximum Gasteiger partial charge on any atom is 0.522 e. The number of aromatic nitrogens is 2. The van der Waals surface area contributed by atoms with Crippen LogP contribution in [0.5, 0.6) is 6.08 Å². The average molecular weight is 427 g/mol. The molecule has 12 heteroatoms. The Morgan fingerprint density at radius 3 is 2.57 bits per heavy atom. The molecule has 0 spiro atoms. The first-order valence-corrected chi connectivity index (χ1v) is 9.96. The van der Waals surface area contributed by atoms with Crippen LogP contribution in [0.25, 0.3) is 0 Å². The number of alkyl halides is 3. The molecule has 1 saturated heterocycles. The lowest BCUT2D eigenvalue weighted by atomic mass is 10.0. The molecule has 2 heterocycles. The van der Waals surface area contributed by atoms with Crippen molar-refractivity contribution in [2.24, 2.45) is 0 Å². The van der Waals surface area contributed by atoms with E-state index >= 15 is 0 Å². The van der Waals surface area contributed by atoms with Gasteiger partial charge in [0.15, 0.2) is 0 Å². The highest BCUT2D eigenvalue weighted by atomic mass is 32.2. The van der Waals surface area contributed by atoms with Gasteiger partial charge in [-0.3, -0.25) is 9.64 Å². The molecule has 1 aliphatic heterocycles. The van der Waals surface area contributed by atoms with Crippen molar-refractivity contribution < 1.29 is 36.6 Å². The third-order valence-corrected chi connectivity index (χ3v) is 4.83. The first-order valence-electron chi connectivity index (χ1n) is 8.68. The Labute approximate surface area is 165 Å². The Balaban J connectivity index is 2.02. The van der Waals surface area contributed by atoms with Crippen LogP contribution in [0.15, 0.2) is 4.42 Å². The number of piperidine rings is 1. The summed E-state index contributed by atoms with van der Waals surface area (Å²) < 4.78 is 55.3. The quantitative estimate of drug-likeness (QED) is 0.634. The summed E-state index contributed by atoms with van der Waals surface area (Å²) in [6.45, 7) is 4.67. The Morgan fingerprint density at radius 2 is 1.96 bits per heavy atom. The number of hydrogen-bond acceptors (Lipinski definition) is 8. The van der Waals surface area contributed by atoms with Crippen LogP contribution in [0.3, 0.4) is 0 Å².